The van der Waals surface area contributed by atoms with E-state index in [-0.39, 0.29) is 5.91 Å². The van der Waals surface area contributed by atoms with E-state index in [1.807, 2.05) is 12.1 Å². The fourth-order valence-electron chi connectivity index (χ4n) is 3.51. The summed E-state index contributed by atoms with van der Waals surface area (Å²) in [4.78, 5) is 20.2. The summed E-state index contributed by atoms with van der Waals surface area (Å²) in [6, 6.07) is 3.95. The van der Waals surface area contributed by atoms with Crippen LogP contribution < -0.4 is 4.90 Å². The van der Waals surface area contributed by atoms with Gasteiger partial charge in [-0.1, -0.05) is 0 Å². The van der Waals surface area contributed by atoms with Crippen LogP contribution in [0.25, 0.3) is 10.8 Å². The molecule has 0 aromatic heterocycles. The van der Waals surface area contributed by atoms with Crippen LogP contribution in [0.1, 0.15) is 15.9 Å². The lowest BCUT2D eigenvalue weighted by Crippen LogP contribution is -2.32. The number of fused-ring (bicyclic) bond motifs is 4. The number of aliphatic imine (C=N–C) groups is 1. The molecule has 0 N–H and O–H groups in total. The normalized spacial score (nSPS) is 14.4. The van der Waals surface area contributed by atoms with E-state index in [1.165, 1.54) is 0 Å². The maximum atomic E-state index is 13.6. The Morgan fingerprint density at radius 3 is 1.93 bits per heavy atom. The molecule has 1 amide bonds. The lowest BCUT2D eigenvalue weighted by atomic mass is 10.0. The van der Waals surface area contributed by atoms with Crippen LogP contribution in [0.3, 0.4) is 0 Å². The minimum Gasteiger partial charge on any atom is -0.268 e. The van der Waals surface area contributed by atoms with Crippen LogP contribution >= 0.6 is 127 Å². The summed E-state index contributed by atoms with van der Waals surface area (Å²) in [7, 11) is 0. The van der Waals surface area contributed by atoms with Gasteiger partial charge in [-0.2, -0.15) is 0 Å². The number of hydrogen-bond donors (Lipinski definition) is 0. The van der Waals surface area contributed by atoms with Crippen molar-refractivity contribution in [3.63, 3.8) is 0 Å². The van der Waals surface area contributed by atoms with Crippen LogP contribution in [-0.2, 0) is 0 Å². The van der Waals surface area contributed by atoms with Crippen molar-refractivity contribution in [2.75, 3.05) is 4.90 Å². The zero-order valence-electron chi connectivity index (χ0n) is 13.5. The summed E-state index contributed by atoms with van der Waals surface area (Å²) in [6.07, 6.45) is 0. The van der Waals surface area contributed by atoms with E-state index in [1.54, 1.807) is 4.90 Å². The fraction of sp³-hybridized carbons (Fsp3) is 0. The topological polar surface area (TPSA) is 32.7 Å². The summed E-state index contributed by atoms with van der Waals surface area (Å²) in [5.41, 5.74) is 2.84. The second-order valence-electron chi connectivity index (χ2n) is 6.22. The molecular weight excluding hydrogens is 899 g/mol. The molecule has 0 spiro atoms. The fourth-order valence-corrected chi connectivity index (χ4v) is 7.65. The molecule has 3 nitrogen and oxygen atoms in total. The van der Waals surface area contributed by atoms with E-state index in [0.717, 1.165) is 59.0 Å². The van der Waals surface area contributed by atoms with Gasteiger partial charge in [-0.25, -0.2) is 4.99 Å². The van der Waals surface area contributed by atoms with Crippen LogP contribution in [0.2, 0.25) is 0 Å². The molecule has 0 saturated carbocycles. The minimum atomic E-state index is -0.139. The van der Waals surface area contributed by atoms with Crippen molar-refractivity contribution >= 4 is 161 Å². The highest BCUT2D eigenvalue weighted by Gasteiger charge is 2.43. The number of halogens is 8. The van der Waals surface area contributed by atoms with Crippen molar-refractivity contribution in [1.29, 1.82) is 0 Å². The van der Waals surface area contributed by atoms with Crippen molar-refractivity contribution in [2.24, 2.45) is 4.99 Å². The Labute approximate surface area is 232 Å². The number of anilines is 1. The molecule has 146 valence electrons. The highest BCUT2D eigenvalue weighted by Crippen LogP contribution is 2.54. The molecule has 3 aromatic carbocycles. The first-order valence-corrected chi connectivity index (χ1v) is 14.1. The number of rotatable bonds is 0. The number of benzene rings is 3. The number of carbonyl (C=O) groups is 1. The van der Waals surface area contributed by atoms with Crippen molar-refractivity contribution < 1.29 is 4.79 Å². The van der Waals surface area contributed by atoms with E-state index in [2.05, 4.69) is 127 Å². The molecule has 2 heterocycles. The van der Waals surface area contributed by atoms with Gasteiger partial charge in [0.15, 0.2) is 0 Å². The summed E-state index contributed by atoms with van der Waals surface area (Å²) in [5.74, 6) is 0.437. The summed E-state index contributed by atoms with van der Waals surface area (Å²) in [5, 5.41) is 1.84. The maximum absolute atomic E-state index is 13.6. The first kappa shape index (κ1) is 21.7. The number of hydrogen-bond acceptors (Lipinski definition) is 2. The third-order valence-electron chi connectivity index (χ3n) is 4.74. The van der Waals surface area contributed by atoms with Gasteiger partial charge in [0, 0.05) is 47.6 Å². The molecule has 0 saturated heterocycles. The predicted octanol–water partition coefficient (Wildman–Crippen LogP) is 9.99. The van der Waals surface area contributed by atoms with E-state index >= 15 is 0 Å². The lowest BCUT2D eigenvalue weighted by molar-refractivity contribution is 0.101. The molecule has 11 heteroatoms. The maximum Gasteiger partial charge on any atom is 0.266 e. The van der Waals surface area contributed by atoms with Crippen LogP contribution in [0.15, 0.2) is 52.9 Å². The number of carbonyl (C=O) groups excluding carboxylic acids is 1. The highest BCUT2D eigenvalue weighted by molar-refractivity contribution is 9.15. The summed E-state index contributed by atoms with van der Waals surface area (Å²) in [6.45, 7) is 0. The molecule has 2 aliphatic rings. The van der Waals surface area contributed by atoms with Crippen molar-refractivity contribution in [3.05, 3.63) is 59.0 Å². The van der Waals surface area contributed by atoms with Gasteiger partial charge in [0.1, 0.15) is 5.84 Å². The van der Waals surface area contributed by atoms with Gasteiger partial charge < -0.3 is 0 Å². The largest absolute Gasteiger partial charge is 0.268 e. The van der Waals surface area contributed by atoms with Crippen LogP contribution in [0.4, 0.5) is 11.4 Å². The molecule has 5 rings (SSSR count). The molecule has 0 fully saturated rings. The molecule has 29 heavy (non-hydrogen) atoms. The van der Waals surface area contributed by atoms with E-state index < -0.39 is 0 Å². The highest BCUT2D eigenvalue weighted by atomic mass is 79.9. The number of nitrogens with zero attached hydrogens (tertiary/aromatic N) is 2. The smallest absolute Gasteiger partial charge is 0.266 e. The Hall–Kier alpha value is 0.900. The molecule has 0 aliphatic carbocycles. The average molecular weight is 901 g/mol. The molecule has 0 bridgehead atoms. The van der Waals surface area contributed by atoms with Crippen molar-refractivity contribution in [3.8, 4) is 0 Å². The second-order valence-corrected chi connectivity index (χ2v) is 12.7. The number of amidine groups is 1. The van der Waals surface area contributed by atoms with Crippen molar-refractivity contribution in [2.45, 2.75) is 0 Å². The second kappa shape index (κ2) is 7.46. The predicted molar refractivity (Wildman–Crippen MR) is 145 cm³/mol. The third kappa shape index (κ3) is 2.90. The molecule has 0 radical (unpaired) electrons. The minimum absolute atomic E-state index is 0.139. The Kier molecular flexibility index (Phi) is 5.59. The molecule has 0 atom stereocenters. The van der Waals surface area contributed by atoms with Gasteiger partial charge in [-0.3, -0.25) is 9.69 Å². The van der Waals surface area contributed by atoms with Gasteiger partial charge in [0.25, 0.3) is 5.91 Å². The van der Waals surface area contributed by atoms with Gasteiger partial charge in [-0.05, 0) is 140 Å². The monoisotopic (exact) mass is 893 g/mol. The van der Waals surface area contributed by atoms with E-state index in [4.69, 9.17) is 4.99 Å². The van der Waals surface area contributed by atoms with E-state index in [0.29, 0.717) is 15.9 Å². The van der Waals surface area contributed by atoms with Gasteiger partial charge in [0.05, 0.1) is 21.4 Å². The van der Waals surface area contributed by atoms with Gasteiger partial charge in [0.2, 0.25) is 0 Å². The zero-order valence-corrected chi connectivity index (χ0v) is 26.2. The van der Waals surface area contributed by atoms with E-state index in [9.17, 15) is 4.79 Å². The SMILES string of the molecule is O=C1c2c(Br)c(Br)c(Br)c(Br)c2C2=Nc3c(Br)c(Br)cc4c(Br)c(Br)cc(c34)N12. The Bertz CT molecular complexity index is 1360. The van der Waals surface area contributed by atoms with Crippen LogP contribution in [0, 0.1) is 0 Å². The average Bonchev–Trinajstić information content (AvgIpc) is 2.98. The number of amides is 1. The van der Waals surface area contributed by atoms with Gasteiger partial charge >= 0.3 is 0 Å². The van der Waals surface area contributed by atoms with Crippen LogP contribution in [0.5, 0.6) is 0 Å². The Balaban J connectivity index is 1.98. The Morgan fingerprint density at radius 2 is 1.28 bits per heavy atom. The third-order valence-corrected chi connectivity index (χ3v) is 13.5. The first-order valence-electron chi connectivity index (χ1n) is 7.74. The zero-order chi connectivity index (χ0) is 20.9. The standard InChI is InChI=1S/C18H2Br8N2O/c19-4-1-3-7-6(2-5(20)10(3)21)28-17(27-16(7)11(4)22)8-9(18(28)29)13(24)15(26)14(25)12(8)23/h1-2H. The quantitative estimate of drug-likeness (QED) is 0.164. The van der Waals surface area contributed by atoms with Crippen molar-refractivity contribution in [1.82, 2.24) is 0 Å². The van der Waals surface area contributed by atoms with Crippen LogP contribution in [-0.4, -0.2) is 11.7 Å². The lowest BCUT2D eigenvalue weighted by Gasteiger charge is -2.26. The van der Waals surface area contributed by atoms with Gasteiger partial charge in [-0.15, -0.1) is 0 Å². The summed E-state index contributed by atoms with van der Waals surface area (Å²) < 4.78 is 6.49. The molecule has 3 aromatic rings. The molecule has 0 unspecified atom stereocenters. The molecular formula is C18H2Br8N2O. The Morgan fingerprint density at radius 1 is 0.690 bits per heavy atom. The summed E-state index contributed by atoms with van der Waals surface area (Å²) >= 11 is 28.9. The first-order chi connectivity index (χ1) is 13.6. The molecule has 2 aliphatic heterocycles.